The highest BCUT2D eigenvalue weighted by Crippen LogP contribution is 2.18. The molecule has 1 atom stereocenters. The molecular weight excluding hydrogens is 216 g/mol. The number of aliphatic hydroxyl groups is 1. The number of carbonyl (C=O) groups is 1. The van der Waals surface area contributed by atoms with E-state index in [0.29, 0.717) is 19.5 Å². The first kappa shape index (κ1) is 13.7. The molecule has 3 N–H and O–H groups in total. The molecule has 4 heteroatoms. The molecule has 0 aliphatic carbocycles. The van der Waals surface area contributed by atoms with E-state index < -0.39 is 5.60 Å². The van der Waals surface area contributed by atoms with E-state index in [9.17, 15) is 9.90 Å². The van der Waals surface area contributed by atoms with Gasteiger partial charge in [-0.3, -0.25) is 4.79 Å². The average molecular weight is 236 g/mol. The maximum atomic E-state index is 11.0. The minimum Gasteiger partial charge on any atom is -0.384 e. The van der Waals surface area contributed by atoms with Crippen molar-refractivity contribution < 1.29 is 9.90 Å². The first-order chi connectivity index (χ1) is 8.06. The number of rotatable bonds is 6. The zero-order valence-corrected chi connectivity index (χ0v) is 10.4. The smallest absolute Gasteiger partial charge is 0.221 e. The Kier molecular flexibility index (Phi) is 5.12. The van der Waals surface area contributed by atoms with Crippen molar-refractivity contribution >= 4 is 5.91 Å². The molecule has 1 rings (SSSR count). The lowest BCUT2D eigenvalue weighted by Crippen LogP contribution is -2.37. The molecule has 0 saturated heterocycles. The molecule has 1 unspecified atom stereocenters. The van der Waals surface area contributed by atoms with Gasteiger partial charge < -0.3 is 15.7 Å². The van der Waals surface area contributed by atoms with Crippen LogP contribution in [0.25, 0.3) is 0 Å². The van der Waals surface area contributed by atoms with Crippen molar-refractivity contribution in [3.8, 4) is 0 Å². The Morgan fingerprint density at radius 2 is 2.00 bits per heavy atom. The highest BCUT2D eigenvalue weighted by molar-refractivity contribution is 5.75. The highest BCUT2D eigenvalue weighted by Gasteiger charge is 2.21. The fraction of sp³-hybridized carbons (Fsp3) is 0.462. The first-order valence-corrected chi connectivity index (χ1v) is 5.75. The summed E-state index contributed by atoms with van der Waals surface area (Å²) in [5.41, 5.74) is -0.0447. The number of hydrogen-bond donors (Lipinski definition) is 3. The van der Waals surface area contributed by atoms with Gasteiger partial charge in [-0.05, 0) is 12.5 Å². The van der Waals surface area contributed by atoms with Gasteiger partial charge >= 0.3 is 0 Å². The lowest BCUT2D eigenvalue weighted by Gasteiger charge is -2.24. The minimum atomic E-state index is -0.913. The van der Waals surface area contributed by atoms with Crippen LogP contribution in [0, 0.1) is 0 Å². The minimum absolute atomic E-state index is 0.00291. The van der Waals surface area contributed by atoms with E-state index >= 15 is 0 Å². The van der Waals surface area contributed by atoms with Crippen LogP contribution < -0.4 is 10.6 Å². The number of nitrogens with one attached hydrogen (secondary N) is 2. The molecule has 94 valence electrons. The van der Waals surface area contributed by atoms with Crippen molar-refractivity contribution in [3.63, 3.8) is 0 Å². The lowest BCUT2D eigenvalue weighted by molar-refractivity contribution is -0.120. The summed E-state index contributed by atoms with van der Waals surface area (Å²) in [5.74, 6) is -0.00291. The molecule has 1 aromatic rings. The topological polar surface area (TPSA) is 61.4 Å². The molecule has 0 fully saturated rings. The van der Waals surface area contributed by atoms with Gasteiger partial charge in [-0.15, -0.1) is 0 Å². The highest BCUT2D eigenvalue weighted by atomic mass is 16.3. The van der Waals surface area contributed by atoms with Crippen LogP contribution in [0.2, 0.25) is 0 Å². The maximum absolute atomic E-state index is 11.0. The van der Waals surface area contributed by atoms with E-state index in [0.717, 1.165) is 5.56 Å². The largest absolute Gasteiger partial charge is 0.384 e. The van der Waals surface area contributed by atoms with Gasteiger partial charge in [0.25, 0.3) is 0 Å². The van der Waals surface area contributed by atoms with Crippen molar-refractivity contribution in [1.82, 2.24) is 10.6 Å². The van der Waals surface area contributed by atoms with Crippen LogP contribution in [0.5, 0.6) is 0 Å². The summed E-state index contributed by atoms with van der Waals surface area (Å²) in [6.07, 6.45) is 0.418. The van der Waals surface area contributed by atoms with E-state index in [-0.39, 0.29) is 5.91 Å². The third-order valence-corrected chi connectivity index (χ3v) is 2.67. The maximum Gasteiger partial charge on any atom is 0.221 e. The average Bonchev–Trinajstić information content (AvgIpc) is 2.35. The molecular formula is C13H20N2O2. The summed E-state index contributed by atoms with van der Waals surface area (Å²) < 4.78 is 0. The van der Waals surface area contributed by atoms with Gasteiger partial charge in [0.1, 0.15) is 0 Å². The Morgan fingerprint density at radius 3 is 2.59 bits per heavy atom. The van der Waals surface area contributed by atoms with E-state index in [1.807, 2.05) is 30.3 Å². The van der Waals surface area contributed by atoms with E-state index in [4.69, 9.17) is 0 Å². The third kappa shape index (κ3) is 4.54. The van der Waals surface area contributed by atoms with E-state index in [1.54, 1.807) is 14.0 Å². The zero-order valence-electron chi connectivity index (χ0n) is 10.4. The van der Waals surface area contributed by atoms with Gasteiger partial charge in [0, 0.05) is 26.6 Å². The Morgan fingerprint density at radius 1 is 1.35 bits per heavy atom. The summed E-state index contributed by atoms with van der Waals surface area (Å²) in [4.78, 5) is 11.0. The third-order valence-electron chi connectivity index (χ3n) is 2.67. The summed E-state index contributed by atoms with van der Waals surface area (Å²) in [6, 6.07) is 9.49. The summed E-state index contributed by atoms with van der Waals surface area (Å²) >= 11 is 0. The second-order valence-corrected chi connectivity index (χ2v) is 4.24. The van der Waals surface area contributed by atoms with E-state index in [1.165, 1.54) is 0 Å². The molecule has 0 aliphatic rings. The van der Waals surface area contributed by atoms with Gasteiger partial charge in [0.05, 0.1) is 5.60 Å². The van der Waals surface area contributed by atoms with Crippen molar-refractivity contribution in [2.75, 3.05) is 20.1 Å². The van der Waals surface area contributed by atoms with Crippen LogP contribution >= 0.6 is 0 Å². The number of hydrogen-bond acceptors (Lipinski definition) is 3. The molecule has 1 aromatic carbocycles. The van der Waals surface area contributed by atoms with Crippen LogP contribution in [-0.2, 0) is 10.4 Å². The van der Waals surface area contributed by atoms with Gasteiger partial charge in [-0.2, -0.15) is 0 Å². The van der Waals surface area contributed by atoms with Crippen LogP contribution in [0.1, 0.15) is 18.9 Å². The Balaban J connectivity index is 2.38. The molecule has 0 aromatic heterocycles. The van der Waals surface area contributed by atoms with Crippen LogP contribution in [0.4, 0.5) is 0 Å². The van der Waals surface area contributed by atoms with Gasteiger partial charge in [0.2, 0.25) is 5.91 Å². The van der Waals surface area contributed by atoms with Crippen LogP contribution in [0.3, 0.4) is 0 Å². The Hall–Kier alpha value is -1.39. The molecule has 0 radical (unpaired) electrons. The SMILES string of the molecule is CNC(=O)CCNCC(C)(O)c1ccccc1. The van der Waals surface area contributed by atoms with Gasteiger partial charge in [-0.25, -0.2) is 0 Å². The van der Waals surface area contributed by atoms with Gasteiger partial charge in [-0.1, -0.05) is 30.3 Å². The molecule has 17 heavy (non-hydrogen) atoms. The van der Waals surface area contributed by atoms with Crippen LogP contribution in [-0.4, -0.2) is 31.2 Å². The quantitative estimate of drug-likeness (QED) is 0.635. The fourth-order valence-corrected chi connectivity index (χ4v) is 1.56. The van der Waals surface area contributed by atoms with E-state index in [2.05, 4.69) is 10.6 Å². The summed E-state index contributed by atoms with van der Waals surface area (Å²) in [5, 5.41) is 15.9. The first-order valence-electron chi connectivity index (χ1n) is 5.75. The normalized spacial score (nSPS) is 14.1. The molecule has 1 amide bonds. The molecule has 0 saturated carbocycles. The monoisotopic (exact) mass is 236 g/mol. The fourth-order valence-electron chi connectivity index (χ4n) is 1.56. The molecule has 0 heterocycles. The number of amides is 1. The Labute approximate surface area is 102 Å². The predicted molar refractivity (Wildman–Crippen MR) is 67.6 cm³/mol. The summed E-state index contributed by atoms with van der Waals surface area (Å²) in [7, 11) is 1.61. The molecule has 0 spiro atoms. The molecule has 4 nitrogen and oxygen atoms in total. The summed E-state index contributed by atoms with van der Waals surface area (Å²) in [6.45, 7) is 2.74. The van der Waals surface area contributed by atoms with Gasteiger partial charge in [0.15, 0.2) is 0 Å². The number of carbonyl (C=O) groups excluding carboxylic acids is 1. The second kappa shape index (κ2) is 6.37. The molecule has 0 bridgehead atoms. The standard InChI is InChI=1S/C13H20N2O2/c1-13(17,11-6-4-3-5-7-11)10-15-9-8-12(16)14-2/h3-7,15,17H,8-10H2,1-2H3,(H,14,16). The molecule has 0 aliphatic heterocycles. The predicted octanol–water partition coefficient (Wildman–Crippen LogP) is 0.620. The van der Waals surface area contributed by atoms with Crippen LogP contribution in [0.15, 0.2) is 30.3 Å². The van der Waals surface area contributed by atoms with Crippen molar-refractivity contribution in [3.05, 3.63) is 35.9 Å². The zero-order chi connectivity index (χ0) is 12.7. The second-order valence-electron chi connectivity index (χ2n) is 4.24. The van der Waals surface area contributed by atoms with Crippen molar-refractivity contribution in [2.24, 2.45) is 0 Å². The Bertz CT molecular complexity index is 350. The van der Waals surface area contributed by atoms with Crippen molar-refractivity contribution in [2.45, 2.75) is 18.9 Å². The number of benzene rings is 1. The van der Waals surface area contributed by atoms with Crippen molar-refractivity contribution in [1.29, 1.82) is 0 Å². The lowest BCUT2D eigenvalue weighted by atomic mass is 9.96.